The van der Waals surface area contributed by atoms with Gasteiger partial charge < -0.3 is 19.9 Å². The number of methoxy groups -OCH3 is 3. The zero-order valence-corrected chi connectivity index (χ0v) is 22.6. The zero-order chi connectivity index (χ0) is 27.8. The maximum absolute atomic E-state index is 13.7. The van der Waals surface area contributed by atoms with Gasteiger partial charge in [-0.2, -0.15) is 5.26 Å². The van der Waals surface area contributed by atoms with Crippen LogP contribution >= 0.6 is 11.6 Å². The lowest BCUT2D eigenvalue weighted by molar-refractivity contribution is -0.118. The zero-order valence-electron chi connectivity index (χ0n) is 21.8. The predicted molar refractivity (Wildman–Crippen MR) is 141 cm³/mol. The Balaban J connectivity index is 1.91. The third-order valence-corrected chi connectivity index (χ3v) is 6.97. The van der Waals surface area contributed by atoms with E-state index in [9.17, 15) is 14.9 Å². The van der Waals surface area contributed by atoms with Crippen LogP contribution in [0.4, 0.5) is 0 Å². The van der Waals surface area contributed by atoms with Crippen molar-refractivity contribution in [1.82, 2.24) is 10.4 Å². The summed E-state index contributed by atoms with van der Waals surface area (Å²) in [6.07, 6.45) is 0.708. The molecule has 3 N–H and O–H groups in total. The average molecular weight is 537 g/mol. The van der Waals surface area contributed by atoms with Gasteiger partial charge in [0.05, 0.1) is 44.6 Å². The number of benzene rings is 2. The summed E-state index contributed by atoms with van der Waals surface area (Å²) in [6, 6.07) is 11.9. The Morgan fingerprint density at radius 1 is 1.11 bits per heavy atom. The Bertz CT molecular complexity index is 1380. The number of carbonyl (C=O) groups is 2. The number of nitrogens with zero attached hydrogens (tertiary/aromatic N) is 2. The van der Waals surface area contributed by atoms with Gasteiger partial charge in [-0.05, 0) is 53.8 Å². The van der Waals surface area contributed by atoms with E-state index in [0.29, 0.717) is 51.1 Å². The smallest absolute Gasteiger partial charge is 0.270 e. The first kappa shape index (κ1) is 26.9. The van der Waals surface area contributed by atoms with Crippen LogP contribution in [0.3, 0.4) is 0 Å². The van der Waals surface area contributed by atoms with Crippen LogP contribution in [0.1, 0.15) is 48.5 Å². The van der Waals surface area contributed by atoms with Gasteiger partial charge in [0.2, 0.25) is 5.75 Å². The second-order valence-electron chi connectivity index (χ2n) is 9.89. The second-order valence-corrected chi connectivity index (χ2v) is 10.3. The van der Waals surface area contributed by atoms with Crippen LogP contribution in [0.15, 0.2) is 59.1 Å². The summed E-state index contributed by atoms with van der Waals surface area (Å²) in [5.41, 5.74) is 10.9. The van der Waals surface area contributed by atoms with Crippen molar-refractivity contribution in [2.75, 3.05) is 21.3 Å². The molecule has 1 heterocycles. The summed E-state index contributed by atoms with van der Waals surface area (Å²) >= 11 is 5.97. The van der Waals surface area contributed by atoms with Gasteiger partial charge in [-0.3, -0.25) is 15.0 Å². The molecule has 9 nitrogen and oxygen atoms in total. The lowest BCUT2D eigenvalue weighted by atomic mass is 9.69. The fourth-order valence-electron chi connectivity index (χ4n) is 5.01. The molecule has 0 saturated heterocycles. The first-order chi connectivity index (χ1) is 18.0. The van der Waals surface area contributed by atoms with Gasteiger partial charge in [-0.15, -0.1) is 0 Å². The maximum Gasteiger partial charge on any atom is 0.270 e. The van der Waals surface area contributed by atoms with Crippen molar-refractivity contribution in [2.24, 2.45) is 11.1 Å². The van der Waals surface area contributed by atoms with E-state index in [4.69, 9.17) is 31.5 Å². The van der Waals surface area contributed by atoms with Crippen LogP contribution in [0.2, 0.25) is 5.02 Å². The number of carbonyl (C=O) groups excluding carboxylic acids is 2. The predicted octanol–water partition coefficient (Wildman–Crippen LogP) is 4.45. The van der Waals surface area contributed by atoms with Gasteiger partial charge in [0.15, 0.2) is 17.3 Å². The monoisotopic (exact) mass is 536 g/mol. The number of hydrogen-bond acceptors (Lipinski definition) is 8. The third kappa shape index (κ3) is 4.75. The summed E-state index contributed by atoms with van der Waals surface area (Å²) in [5.74, 6) is -0.235. The quantitative estimate of drug-likeness (QED) is 0.554. The van der Waals surface area contributed by atoms with Crippen LogP contribution in [-0.4, -0.2) is 38.0 Å². The maximum atomic E-state index is 13.7. The van der Waals surface area contributed by atoms with Gasteiger partial charge in [0.25, 0.3) is 5.91 Å². The van der Waals surface area contributed by atoms with Crippen LogP contribution in [0.25, 0.3) is 0 Å². The standard InChI is InChI=1S/C28H29ClN4O5/c1-28(2)12-19-24(20(34)13-28)23(16-10-21(36-3)25(38-5)22(11-16)37-4)18(14-30)26(31)33(19)32-27(35)15-6-8-17(29)9-7-15/h6-11,23H,12-13,31H2,1-5H3,(H,32,35). The van der Waals surface area contributed by atoms with Crippen molar-refractivity contribution in [3.63, 3.8) is 0 Å². The van der Waals surface area contributed by atoms with Crippen LogP contribution in [-0.2, 0) is 4.79 Å². The average Bonchev–Trinajstić information content (AvgIpc) is 2.88. The Kier molecular flexibility index (Phi) is 7.29. The van der Waals surface area contributed by atoms with E-state index in [0.717, 1.165) is 0 Å². The molecule has 38 heavy (non-hydrogen) atoms. The SMILES string of the molecule is COc1cc(C2C(C#N)=C(N)N(NC(=O)c3ccc(Cl)cc3)C3=C2C(=O)CC(C)(C)C3)cc(OC)c1OC. The van der Waals surface area contributed by atoms with Gasteiger partial charge in [0, 0.05) is 22.6 Å². The summed E-state index contributed by atoms with van der Waals surface area (Å²) in [6.45, 7) is 3.95. The lowest BCUT2D eigenvalue weighted by Gasteiger charge is -2.43. The lowest BCUT2D eigenvalue weighted by Crippen LogP contribution is -2.49. The van der Waals surface area contributed by atoms with E-state index in [2.05, 4.69) is 11.5 Å². The van der Waals surface area contributed by atoms with Crippen LogP contribution in [0, 0.1) is 16.7 Å². The Morgan fingerprint density at radius 3 is 2.24 bits per heavy atom. The molecule has 2 aromatic rings. The molecule has 1 aliphatic heterocycles. The second kappa shape index (κ2) is 10.3. The van der Waals surface area contributed by atoms with Crippen molar-refractivity contribution >= 4 is 23.3 Å². The van der Waals surface area contributed by atoms with Crippen molar-refractivity contribution in [1.29, 1.82) is 5.26 Å². The Labute approximate surface area is 226 Å². The minimum atomic E-state index is -0.795. The highest BCUT2D eigenvalue weighted by atomic mass is 35.5. The topological polar surface area (TPSA) is 127 Å². The van der Waals surface area contributed by atoms with Crippen molar-refractivity contribution in [3.8, 4) is 23.3 Å². The number of amides is 1. The number of allylic oxidation sites excluding steroid dienone is 3. The van der Waals surface area contributed by atoms with Crippen LogP contribution in [0.5, 0.6) is 17.2 Å². The minimum Gasteiger partial charge on any atom is -0.493 e. The molecule has 198 valence electrons. The van der Waals surface area contributed by atoms with Crippen molar-refractivity contribution < 1.29 is 23.8 Å². The molecule has 0 saturated carbocycles. The van der Waals surface area contributed by atoms with E-state index in [-0.39, 0.29) is 23.6 Å². The van der Waals surface area contributed by atoms with E-state index >= 15 is 0 Å². The van der Waals surface area contributed by atoms with Crippen molar-refractivity contribution in [2.45, 2.75) is 32.6 Å². The molecule has 0 bridgehead atoms. The van der Waals surface area contributed by atoms with Gasteiger partial charge in [-0.25, -0.2) is 5.01 Å². The first-order valence-electron chi connectivity index (χ1n) is 11.9. The number of nitrogens with two attached hydrogens (primary N) is 1. The molecular formula is C28H29ClN4O5. The number of Topliss-reactive ketones (excluding diaryl/α,β-unsaturated/α-hetero) is 1. The summed E-state index contributed by atoms with van der Waals surface area (Å²) in [4.78, 5) is 26.9. The normalized spacial score (nSPS) is 18.5. The highest BCUT2D eigenvalue weighted by Crippen LogP contribution is 2.50. The number of nitrogens with one attached hydrogen (secondary N) is 1. The number of hydrazine groups is 1. The third-order valence-electron chi connectivity index (χ3n) is 6.72. The van der Waals surface area contributed by atoms with E-state index in [1.165, 1.54) is 26.3 Å². The fraction of sp³-hybridized carbons (Fsp3) is 0.321. The van der Waals surface area contributed by atoms with Crippen LogP contribution < -0.4 is 25.4 Å². The van der Waals surface area contributed by atoms with E-state index < -0.39 is 17.2 Å². The summed E-state index contributed by atoms with van der Waals surface area (Å²) in [5, 5.41) is 12.1. The molecule has 0 aromatic heterocycles. The van der Waals surface area contributed by atoms with E-state index in [1.54, 1.807) is 36.4 Å². The number of hydrogen-bond donors (Lipinski definition) is 2. The van der Waals surface area contributed by atoms with Gasteiger partial charge >= 0.3 is 0 Å². The number of ketones is 1. The van der Waals surface area contributed by atoms with Crippen molar-refractivity contribution in [3.05, 3.63) is 75.2 Å². The molecule has 4 rings (SSSR count). The number of nitriles is 1. The molecule has 2 aromatic carbocycles. The molecule has 2 aliphatic rings. The highest BCUT2D eigenvalue weighted by Gasteiger charge is 2.45. The number of rotatable bonds is 6. The summed E-state index contributed by atoms with van der Waals surface area (Å²) < 4.78 is 16.5. The molecule has 1 amide bonds. The van der Waals surface area contributed by atoms with Gasteiger partial charge in [0.1, 0.15) is 5.82 Å². The summed E-state index contributed by atoms with van der Waals surface area (Å²) in [7, 11) is 4.47. The molecule has 1 unspecified atom stereocenters. The van der Waals surface area contributed by atoms with E-state index in [1.807, 2.05) is 13.8 Å². The molecule has 1 aliphatic carbocycles. The number of halogens is 1. The minimum absolute atomic E-state index is 0.0258. The Hall–Kier alpha value is -4.16. The van der Waals surface area contributed by atoms with Gasteiger partial charge in [-0.1, -0.05) is 25.4 Å². The molecule has 0 spiro atoms. The fourth-order valence-corrected chi connectivity index (χ4v) is 5.13. The number of ether oxygens (including phenoxy) is 3. The largest absolute Gasteiger partial charge is 0.493 e. The molecule has 1 atom stereocenters. The molecule has 0 radical (unpaired) electrons. The highest BCUT2D eigenvalue weighted by molar-refractivity contribution is 6.30. The molecule has 10 heteroatoms. The first-order valence-corrected chi connectivity index (χ1v) is 12.3. The Morgan fingerprint density at radius 2 is 1.71 bits per heavy atom. The molecule has 0 fully saturated rings. The molecular weight excluding hydrogens is 508 g/mol.